The monoisotopic (exact) mass is 351 g/mol. The number of nitrogens with zero attached hydrogens (tertiary/aromatic N) is 2. The first-order valence-electron chi connectivity index (χ1n) is 8.22. The van der Waals surface area contributed by atoms with Gasteiger partial charge in [0.15, 0.2) is 0 Å². The molecule has 1 atom stereocenters. The molecule has 3 aromatic rings. The molecule has 4 rings (SSSR count). The number of nitrogens with one attached hydrogen (secondary N) is 1. The molecule has 2 N–H and O–H groups in total. The molecule has 1 aromatic carbocycles. The fraction of sp³-hybridized carbons (Fsp3) is 0.316. The van der Waals surface area contributed by atoms with Crippen LogP contribution in [0.4, 0.5) is 0 Å². The predicted octanol–water partition coefficient (Wildman–Crippen LogP) is 4.62. The Hall–Kier alpha value is -2.65. The lowest BCUT2D eigenvalue weighted by molar-refractivity contribution is 0.0701. The Bertz CT molecular complexity index is 1040. The van der Waals surface area contributed by atoms with E-state index in [0.717, 1.165) is 40.6 Å². The predicted molar refractivity (Wildman–Crippen MR) is 96.9 cm³/mol. The molecule has 0 spiro atoms. The fourth-order valence-corrected chi connectivity index (χ4v) is 4.34. The van der Waals surface area contributed by atoms with Crippen molar-refractivity contribution in [3.05, 3.63) is 40.0 Å². The van der Waals surface area contributed by atoms with Crippen LogP contribution in [0.15, 0.2) is 18.2 Å². The molecule has 25 heavy (non-hydrogen) atoms. The molecule has 126 valence electrons. The molecule has 0 amide bonds. The molecule has 1 unspecified atom stereocenters. The topological polar surface area (TPSA) is 89.8 Å². The molecular weight excluding hydrogens is 334 g/mol. The molecular formula is C19H17N3O2S. The number of carboxylic acids is 1. The number of thiazole rings is 1. The van der Waals surface area contributed by atoms with Crippen LogP contribution in [0.2, 0.25) is 0 Å². The van der Waals surface area contributed by atoms with Crippen molar-refractivity contribution in [1.82, 2.24) is 9.97 Å². The van der Waals surface area contributed by atoms with E-state index in [2.05, 4.69) is 16.0 Å². The number of aromatic carboxylic acids is 1. The lowest BCUT2D eigenvalue weighted by Gasteiger charge is -2.08. The minimum atomic E-state index is -0.946. The number of hydrogen-bond acceptors (Lipinski definition) is 4. The van der Waals surface area contributed by atoms with Gasteiger partial charge in [-0.1, -0.05) is 0 Å². The first-order chi connectivity index (χ1) is 12.0. The summed E-state index contributed by atoms with van der Waals surface area (Å²) in [5.74, 6) is -0.581. The van der Waals surface area contributed by atoms with Gasteiger partial charge in [-0.3, -0.25) is 0 Å². The van der Waals surface area contributed by atoms with E-state index in [4.69, 9.17) is 0 Å². The summed E-state index contributed by atoms with van der Waals surface area (Å²) in [5, 5.41) is 20.6. The summed E-state index contributed by atoms with van der Waals surface area (Å²) in [5.41, 5.74) is 4.54. The third-order valence-electron chi connectivity index (χ3n) is 4.82. The van der Waals surface area contributed by atoms with Crippen LogP contribution in [0.1, 0.15) is 45.4 Å². The van der Waals surface area contributed by atoms with Gasteiger partial charge in [-0.15, -0.1) is 11.3 Å². The number of nitriles is 1. The van der Waals surface area contributed by atoms with Crippen LogP contribution in [-0.2, 0) is 0 Å². The summed E-state index contributed by atoms with van der Waals surface area (Å²) in [6.45, 7) is 3.73. The van der Waals surface area contributed by atoms with Crippen molar-refractivity contribution in [2.24, 2.45) is 5.92 Å². The SMILES string of the molecule is Cc1nc(-c2ccc3[nH]c(C)c(C(C#N)C4CC4)c3c2)sc1C(=O)O. The van der Waals surface area contributed by atoms with Crippen molar-refractivity contribution >= 4 is 28.2 Å². The number of fused-ring (bicyclic) bond motifs is 1. The van der Waals surface area contributed by atoms with Crippen molar-refractivity contribution in [1.29, 1.82) is 5.26 Å². The van der Waals surface area contributed by atoms with E-state index in [9.17, 15) is 15.2 Å². The maximum atomic E-state index is 11.3. The summed E-state index contributed by atoms with van der Waals surface area (Å²) >= 11 is 1.19. The highest BCUT2D eigenvalue weighted by Gasteiger charge is 2.35. The van der Waals surface area contributed by atoms with Gasteiger partial charge in [-0.2, -0.15) is 5.26 Å². The van der Waals surface area contributed by atoms with E-state index in [1.54, 1.807) is 6.92 Å². The van der Waals surface area contributed by atoms with E-state index < -0.39 is 5.97 Å². The molecule has 0 aliphatic heterocycles. The maximum Gasteiger partial charge on any atom is 0.347 e. The second-order valence-electron chi connectivity index (χ2n) is 6.61. The minimum Gasteiger partial charge on any atom is -0.477 e. The van der Waals surface area contributed by atoms with Crippen LogP contribution in [-0.4, -0.2) is 21.0 Å². The normalized spacial score (nSPS) is 15.2. The minimum absolute atomic E-state index is 0.0865. The quantitative estimate of drug-likeness (QED) is 0.717. The van der Waals surface area contributed by atoms with Gasteiger partial charge in [0.05, 0.1) is 17.7 Å². The summed E-state index contributed by atoms with van der Waals surface area (Å²) in [6, 6.07) is 8.44. The second-order valence-corrected chi connectivity index (χ2v) is 7.61. The average Bonchev–Trinajstić information content (AvgIpc) is 3.25. The molecule has 6 heteroatoms. The highest BCUT2D eigenvalue weighted by Crippen LogP contribution is 2.45. The molecule has 0 saturated heterocycles. The van der Waals surface area contributed by atoms with Crippen LogP contribution in [0.25, 0.3) is 21.5 Å². The first-order valence-corrected chi connectivity index (χ1v) is 9.04. The first kappa shape index (κ1) is 15.9. The van der Waals surface area contributed by atoms with Crippen molar-refractivity contribution in [3.8, 4) is 16.6 Å². The highest BCUT2D eigenvalue weighted by molar-refractivity contribution is 7.17. The van der Waals surface area contributed by atoms with E-state index in [1.165, 1.54) is 11.3 Å². The van der Waals surface area contributed by atoms with Crippen LogP contribution in [0, 0.1) is 31.1 Å². The lowest BCUT2D eigenvalue weighted by Crippen LogP contribution is -1.99. The Morgan fingerprint density at radius 1 is 1.44 bits per heavy atom. The van der Waals surface area contributed by atoms with Gasteiger partial charge in [0.2, 0.25) is 0 Å². The Labute approximate surface area is 149 Å². The van der Waals surface area contributed by atoms with E-state index in [1.807, 2.05) is 25.1 Å². The highest BCUT2D eigenvalue weighted by atomic mass is 32.1. The largest absolute Gasteiger partial charge is 0.477 e. The average molecular weight is 351 g/mol. The van der Waals surface area contributed by atoms with Gasteiger partial charge >= 0.3 is 5.97 Å². The Balaban J connectivity index is 1.86. The number of H-pyrrole nitrogens is 1. The molecule has 0 radical (unpaired) electrons. The summed E-state index contributed by atoms with van der Waals surface area (Å²) in [7, 11) is 0. The number of benzene rings is 1. The lowest BCUT2D eigenvalue weighted by atomic mass is 9.92. The molecule has 1 saturated carbocycles. The van der Waals surface area contributed by atoms with E-state index in [0.29, 0.717) is 16.6 Å². The Morgan fingerprint density at radius 2 is 2.20 bits per heavy atom. The summed E-state index contributed by atoms with van der Waals surface area (Å²) in [4.78, 5) is 19.3. The Morgan fingerprint density at radius 3 is 2.80 bits per heavy atom. The number of aryl methyl sites for hydroxylation is 2. The Kier molecular flexibility index (Phi) is 3.62. The standard InChI is InChI=1S/C19H17N3O2S/c1-9-16(14(8-20)11-3-4-11)13-7-12(5-6-15(13)21-9)18-22-10(2)17(25-18)19(23)24/h5-7,11,14,21H,3-4H2,1-2H3,(H,23,24). The van der Waals surface area contributed by atoms with Crippen molar-refractivity contribution in [2.45, 2.75) is 32.6 Å². The fourth-order valence-electron chi connectivity index (χ4n) is 3.43. The maximum absolute atomic E-state index is 11.3. The number of hydrogen-bond donors (Lipinski definition) is 2. The molecule has 2 aromatic heterocycles. The smallest absolute Gasteiger partial charge is 0.347 e. The van der Waals surface area contributed by atoms with Crippen LogP contribution in [0.3, 0.4) is 0 Å². The van der Waals surface area contributed by atoms with Crippen molar-refractivity contribution < 1.29 is 9.90 Å². The van der Waals surface area contributed by atoms with Crippen molar-refractivity contribution in [3.63, 3.8) is 0 Å². The molecule has 2 heterocycles. The van der Waals surface area contributed by atoms with Gasteiger partial charge in [0.25, 0.3) is 0 Å². The number of aromatic nitrogens is 2. The van der Waals surface area contributed by atoms with E-state index in [-0.39, 0.29) is 10.8 Å². The van der Waals surface area contributed by atoms with Crippen molar-refractivity contribution in [2.75, 3.05) is 0 Å². The molecule has 5 nitrogen and oxygen atoms in total. The molecule has 1 aliphatic carbocycles. The number of carboxylic acid groups (broad SMARTS) is 1. The molecule has 1 aliphatic rings. The number of carbonyl (C=O) groups is 1. The molecule has 0 bridgehead atoms. The summed E-state index contributed by atoms with van der Waals surface area (Å²) in [6.07, 6.45) is 2.22. The van der Waals surface area contributed by atoms with Crippen LogP contribution < -0.4 is 0 Å². The zero-order chi connectivity index (χ0) is 17.7. The number of aromatic amines is 1. The van der Waals surface area contributed by atoms with Crippen LogP contribution >= 0.6 is 11.3 Å². The second kappa shape index (κ2) is 5.71. The summed E-state index contributed by atoms with van der Waals surface area (Å²) < 4.78 is 0. The number of rotatable bonds is 4. The molecule has 1 fully saturated rings. The van der Waals surface area contributed by atoms with Gasteiger partial charge in [0, 0.05) is 22.2 Å². The van der Waals surface area contributed by atoms with Gasteiger partial charge in [-0.05, 0) is 56.4 Å². The third-order valence-corrected chi connectivity index (χ3v) is 6.01. The van der Waals surface area contributed by atoms with Gasteiger partial charge in [0.1, 0.15) is 9.88 Å². The van der Waals surface area contributed by atoms with Crippen LogP contribution in [0.5, 0.6) is 0 Å². The van der Waals surface area contributed by atoms with Gasteiger partial charge in [-0.25, -0.2) is 9.78 Å². The zero-order valence-corrected chi connectivity index (χ0v) is 14.8. The zero-order valence-electron chi connectivity index (χ0n) is 14.0. The van der Waals surface area contributed by atoms with Gasteiger partial charge < -0.3 is 10.1 Å². The van der Waals surface area contributed by atoms with E-state index >= 15 is 0 Å². The third kappa shape index (κ3) is 2.61.